The van der Waals surface area contributed by atoms with E-state index >= 15 is 0 Å². The molecule has 0 saturated carbocycles. The smallest absolute Gasteiger partial charge is 0.335 e. The first kappa shape index (κ1) is 12.1. The van der Waals surface area contributed by atoms with Crippen molar-refractivity contribution in [2.45, 2.75) is 11.8 Å². The SMILES string of the molecule is CC1CN(S(=O)(=O)c2cccc(C(=O)O)c2)C1. The second-order valence-electron chi connectivity index (χ2n) is 4.26. The molecule has 0 radical (unpaired) electrons. The molecule has 1 aromatic carbocycles. The number of carboxylic acids is 1. The maximum Gasteiger partial charge on any atom is 0.335 e. The molecular formula is C11H13NO4S. The largest absolute Gasteiger partial charge is 0.478 e. The fraction of sp³-hybridized carbons (Fsp3) is 0.364. The molecule has 1 saturated heterocycles. The topological polar surface area (TPSA) is 74.7 Å². The molecule has 1 N–H and O–H groups in total. The molecule has 1 aliphatic rings. The van der Waals surface area contributed by atoms with Crippen LogP contribution in [0.25, 0.3) is 0 Å². The number of benzene rings is 1. The van der Waals surface area contributed by atoms with Gasteiger partial charge in [-0.25, -0.2) is 13.2 Å². The molecule has 0 bridgehead atoms. The highest BCUT2D eigenvalue weighted by Crippen LogP contribution is 2.25. The Labute approximate surface area is 99.7 Å². The highest BCUT2D eigenvalue weighted by Gasteiger charge is 2.34. The first-order valence-corrected chi connectivity index (χ1v) is 6.69. The van der Waals surface area contributed by atoms with Gasteiger partial charge in [-0.2, -0.15) is 4.31 Å². The van der Waals surface area contributed by atoms with Crippen molar-refractivity contribution in [1.82, 2.24) is 4.31 Å². The number of aromatic carboxylic acids is 1. The van der Waals surface area contributed by atoms with Gasteiger partial charge in [0, 0.05) is 13.1 Å². The number of sulfonamides is 1. The van der Waals surface area contributed by atoms with Gasteiger partial charge in [-0.3, -0.25) is 0 Å². The molecule has 92 valence electrons. The highest BCUT2D eigenvalue weighted by molar-refractivity contribution is 7.89. The summed E-state index contributed by atoms with van der Waals surface area (Å²) >= 11 is 0. The summed E-state index contributed by atoms with van der Waals surface area (Å²) in [5, 5.41) is 8.82. The molecule has 1 heterocycles. The summed E-state index contributed by atoms with van der Waals surface area (Å²) < 4.78 is 25.5. The lowest BCUT2D eigenvalue weighted by molar-refractivity contribution is 0.0696. The summed E-state index contributed by atoms with van der Waals surface area (Å²) in [5.74, 6) is -0.758. The van der Waals surface area contributed by atoms with E-state index in [1.54, 1.807) is 0 Å². The van der Waals surface area contributed by atoms with Crippen molar-refractivity contribution in [2.75, 3.05) is 13.1 Å². The van der Waals surface area contributed by atoms with Gasteiger partial charge in [-0.15, -0.1) is 0 Å². The summed E-state index contributed by atoms with van der Waals surface area (Å²) in [6.45, 7) is 2.97. The maximum absolute atomic E-state index is 12.1. The molecule has 1 aliphatic heterocycles. The number of hydrogen-bond donors (Lipinski definition) is 1. The van der Waals surface area contributed by atoms with Crippen LogP contribution in [-0.4, -0.2) is 36.9 Å². The molecule has 6 heteroatoms. The van der Waals surface area contributed by atoms with Gasteiger partial charge in [0.25, 0.3) is 0 Å². The van der Waals surface area contributed by atoms with Crippen molar-refractivity contribution in [3.63, 3.8) is 0 Å². The van der Waals surface area contributed by atoms with Crippen molar-refractivity contribution in [3.8, 4) is 0 Å². The predicted octanol–water partition coefficient (Wildman–Crippen LogP) is 1.03. The summed E-state index contributed by atoms with van der Waals surface area (Å²) in [4.78, 5) is 10.8. The normalized spacial score (nSPS) is 17.7. The fourth-order valence-corrected chi connectivity index (χ4v) is 3.50. The zero-order valence-electron chi connectivity index (χ0n) is 9.33. The van der Waals surface area contributed by atoms with E-state index in [9.17, 15) is 13.2 Å². The van der Waals surface area contributed by atoms with E-state index < -0.39 is 16.0 Å². The van der Waals surface area contributed by atoms with Crippen LogP contribution in [0.1, 0.15) is 17.3 Å². The Morgan fingerprint density at radius 1 is 1.41 bits per heavy atom. The van der Waals surface area contributed by atoms with Crippen LogP contribution in [0.3, 0.4) is 0 Å². The third-order valence-electron chi connectivity index (χ3n) is 2.75. The molecule has 2 rings (SSSR count). The van der Waals surface area contributed by atoms with Crippen molar-refractivity contribution in [3.05, 3.63) is 29.8 Å². The molecular weight excluding hydrogens is 242 g/mol. The quantitative estimate of drug-likeness (QED) is 0.875. The molecule has 17 heavy (non-hydrogen) atoms. The first-order valence-electron chi connectivity index (χ1n) is 5.25. The van der Waals surface area contributed by atoms with Gasteiger partial charge in [0.05, 0.1) is 10.5 Å². The second-order valence-corrected chi connectivity index (χ2v) is 6.20. The Balaban J connectivity index is 2.33. The molecule has 1 fully saturated rings. The zero-order valence-corrected chi connectivity index (χ0v) is 10.1. The van der Waals surface area contributed by atoms with E-state index in [-0.39, 0.29) is 10.5 Å². The maximum atomic E-state index is 12.1. The summed E-state index contributed by atoms with van der Waals surface area (Å²) in [7, 11) is -3.52. The fourth-order valence-electron chi connectivity index (χ4n) is 1.78. The molecule has 0 spiro atoms. The Hall–Kier alpha value is -1.40. The van der Waals surface area contributed by atoms with Crippen LogP contribution in [0.5, 0.6) is 0 Å². The van der Waals surface area contributed by atoms with Crippen molar-refractivity contribution in [1.29, 1.82) is 0 Å². The molecule has 1 aromatic rings. The molecule has 5 nitrogen and oxygen atoms in total. The van der Waals surface area contributed by atoms with Crippen LogP contribution in [0.4, 0.5) is 0 Å². The Morgan fingerprint density at radius 2 is 2.06 bits per heavy atom. The minimum atomic E-state index is -3.52. The lowest BCUT2D eigenvalue weighted by Crippen LogP contribution is -2.48. The van der Waals surface area contributed by atoms with Gasteiger partial charge in [-0.1, -0.05) is 13.0 Å². The molecule has 0 atom stereocenters. The van der Waals surface area contributed by atoms with Gasteiger partial charge in [-0.05, 0) is 24.1 Å². The van der Waals surface area contributed by atoms with Crippen LogP contribution >= 0.6 is 0 Å². The van der Waals surface area contributed by atoms with Crippen molar-refractivity contribution in [2.24, 2.45) is 5.92 Å². The minimum absolute atomic E-state index is 0.0142. The van der Waals surface area contributed by atoms with Crippen LogP contribution in [0.2, 0.25) is 0 Å². The molecule has 0 aromatic heterocycles. The summed E-state index contributed by atoms with van der Waals surface area (Å²) in [6.07, 6.45) is 0. The second kappa shape index (κ2) is 4.12. The molecule has 0 unspecified atom stereocenters. The van der Waals surface area contributed by atoms with Gasteiger partial charge in [0.2, 0.25) is 10.0 Å². The average Bonchev–Trinajstić information content (AvgIpc) is 2.25. The van der Waals surface area contributed by atoms with E-state index in [4.69, 9.17) is 5.11 Å². The monoisotopic (exact) mass is 255 g/mol. The van der Waals surface area contributed by atoms with Gasteiger partial charge in [0.15, 0.2) is 0 Å². The Kier molecular flexibility index (Phi) is 2.92. The standard InChI is InChI=1S/C11H13NO4S/c1-8-6-12(7-8)17(15,16)10-4-2-3-9(5-10)11(13)14/h2-5,8H,6-7H2,1H3,(H,13,14). The summed E-state index contributed by atoms with van der Waals surface area (Å²) in [5.41, 5.74) is -0.0142. The third-order valence-corrected chi connectivity index (χ3v) is 4.58. The van der Waals surface area contributed by atoms with E-state index in [1.165, 1.54) is 28.6 Å². The third kappa shape index (κ3) is 2.18. The van der Waals surface area contributed by atoms with Crippen LogP contribution in [0, 0.1) is 5.92 Å². The lowest BCUT2D eigenvalue weighted by atomic mass is 10.1. The van der Waals surface area contributed by atoms with E-state index in [0.29, 0.717) is 19.0 Å². The van der Waals surface area contributed by atoms with E-state index in [2.05, 4.69) is 0 Å². The van der Waals surface area contributed by atoms with Crippen LogP contribution in [0.15, 0.2) is 29.2 Å². The first-order chi connectivity index (χ1) is 7.91. The van der Waals surface area contributed by atoms with Crippen LogP contribution in [-0.2, 0) is 10.0 Å². The molecule has 0 aliphatic carbocycles. The predicted molar refractivity (Wildman–Crippen MR) is 61.3 cm³/mol. The Bertz CT molecular complexity index is 546. The van der Waals surface area contributed by atoms with Gasteiger partial charge >= 0.3 is 5.97 Å². The van der Waals surface area contributed by atoms with Gasteiger partial charge in [0.1, 0.15) is 0 Å². The number of carboxylic acid groups (broad SMARTS) is 1. The average molecular weight is 255 g/mol. The lowest BCUT2D eigenvalue weighted by Gasteiger charge is -2.35. The zero-order chi connectivity index (χ0) is 12.6. The highest BCUT2D eigenvalue weighted by atomic mass is 32.2. The van der Waals surface area contributed by atoms with E-state index in [1.807, 2.05) is 6.92 Å². The van der Waals surface area contributed by atoms with E-state index in [0.717, 1.165) is 0 Å². The van der Waals surface area contributed by atoms with Crippen LogP contribution < -0.4 is 0 Å². The minimum Gasteiger partial charge on any atom is -0.478 e. The number of nitrogens with zero attached hydrogens (tertiary/aromatic N) is 1. The number of hydrogen-bond acceptors (Lipinski definition) is 3. The number of rotatable bonds is 3. The number of carbonyl (C=O) groups is 1. The summed E-state index contributed by atoms with van der Waals surface area (Å²) in [6, 6.07) is 5.44. The van der Waals surface area contributed by atoms with Crippen molar-refractivity contribution >= 4 is 16.0 Å². The molecule has 0 amide bonds. The van der Waals surface area contributed by atoms with Gasteiger partial charge < -0.3 is 5.11 Å². The Morgan fingerprint density at radius 3 is 2.59 bits per heavy atom. The van der Waals surface area contributed by atoms with Crippen molar-refractivity contribution < 1.29 is 18.3 Å².